The summed E-state index contributed by atoms with van der Waals surface area (Å²) in [5, 5.41) is 8.40. The van der Waals surface area contributed by atoms with Gasteiger partial charge in [0.2, 0.25) is 0 Å². The van der Waals surface area contributed by atoms with E-state index in [4.69, 9.17) is 4.84 Å². The summed E-state index contributed by atoms with van der Waals surface area (Å²) in [7, 11) is 0. The molecule has 0 amide bonds. The first-order valence-electron chi connectivity index (χ1n) is 7.18. The highest BCUT2D eigenvalue weighted by molar-refractivity contribution is 5.77. The van der Waals surface area contributed by atoms with Gasteiger partial charge in [-0.05, 0) is 30.7 Å². The summed E-state index contributed by atoms with van der Waals surface area (Å²) >= 11 is 0. The zero-order valence-electron chi connectivity index (χ0n) is 12.3. The standard InChI is InChI=1S/C18H17N3O/c1-15(16-8-4-2-5-9-16)22-20-14-18-12-13-19-21(18)17-10-6-3-7-11-17/h2-15H,1H3/b20-14+/t15-/m1/s1. The van der Waals surface area contributed by atoms with Crippen molar-refractivity contribution < 1.29 is 4.84 Å². The number of benzene rings is 2. The summed E-state index contributed by atoms with van der Waals surface area (Å²) in [4.78, 5) is 5.52. The predicted molar refractivity (Wildman–Crippen MR) is 87.1 cm³/mol. The molecule has 3 rings (SSSR count). The monoisotopic (exact) mass is 291 g/mol. The van der Waals surface area contributed by atoms with Crippen LogP contribution in [0.5, 0.6) is 0 Å². The average molecular weight is 291 g/mol. The molecule has 0 unspecified atom stereocenters. The summed E-state index contributed by atoms with van der Waals surface area (Å²) in [6.45, 7) is 1.97. The van der Waals surface area contributed by atoms with E-state index >= 15 is 0 Å². The van der Waals surface area contributed by atoms with Crippen LogP contribution in [0, 0.1) is 0 Å². The quantitative estimate of drug-likeness (QED) is 0.527. The van der Waals surface area contributed by atoms with Crippen LogP contribution in [-0.2, 0) is 4.84 Å². The third-order valence-corrected chi connectivity index (χ3v) is 3.35. The molecule has 110 valence electrons. The second kappa shape index (κ2) is 6.72. The highest BCUT2D eigenvalue weighted by Crippen LogP contribution is 2.16. The van der Waals surface area contributed by atoms with Crippen LogP contribution in [0.4, 0.5) is 0 Å². The highest BCUT2D eigenvalue weighted by atomic mass is 16.6. The van der Waals surface area contributed by atoms with Gasteiger partial charge in [-0.25, -0.2) is 4.68 Å². The molecule has 1 atom stereocenters. The van der Waals surface area contributed by atoms with Crippen molar-refractivity contribution in [1.29, 1.82) is 0 Å². The minimum absolute atomic E-state index is 0.0921. The maximum atomic E-state index is 5.52. The van der Waals surface area contributed by atoms with Gasteiger partial charge >= 0.3 is 0 Å². The van der Waals surface area contributed by atoms with Gasteiger partial charge in [0.1, 0.15) is 6.10 Å². The molecule has 0 bridgehead atoms. The van der Waals surface area contributed by atoms with E-state index in [0.717, 1.165) is 16.9 Å². The lowest BCUT2D eigenvalue weighted by atomic mass is 10.1. The zero-order chi connectivity index (χ0) is 15.2. The van der Waals surface area contributed by atoms with E-state index in [1.54, 1.807) is 12.4 Å². The van der Waals surface area contributed by atoms with Crippen molar-refractivity contribution in [2.75, 3.05) is 0 Å². The van der Waals surface area contributed by atoms with Crippen molar-refractivity contribution in [3.63, 3.8) is 0 Å². The Morgan fingerprint density at radius 2 is 1.68 bits per heavy atom. The molecule has 4 heteroatoms. The van der Waals surface area contributed by atoms with Gasteiger partial charge < -0.3 is 4.84 Å². The molecule has 4 nitrogen and oxygen atoms in total. The molecule has 0 saturated carbocycles. The van der Waals surface area contributed by atoms with Gasteiger partial charge in [-0.2, -0.15) is 5.10 Å². The Kier molecular flexibility index (Phi) is 4.30. The normalized spacial score (nSPS) is 12.4. The molecule has 0 saturated heterocycles. The van der Waals surface area contributed by atoms with Crippen molar-refractivity contribution >= 4 is 6.21 Å². The van der Waals surface area contributed by atoms with E-state index in [1.807, 2.05) is 78.3 Å². The van der Waals surface area contributed by atoms with Crippen LogP contribution in [0.2, 0.25) is 0 Å². The highest BCUT2D eigenvalue weighted by Gasteiger charge is 2.05. The number of oxime groups is 1. The largest absolute Gasteiger partial charge is 0.388 e. The fourth-order valence-electron chi connectivity index (χ4n) is 2.16. The van der Waals surface area contributed by atoms with E-state index in [2.05, 4.69) is 10.3 Å². The molecule has 2 aromatic carbocycles. The van der Waals surface area contributed by atoms with Crippen molar-refractivity contribution in [3.8, 4) is 5.69 Å². The molecule has 0 N–H and O–H groups in total. The first-order chi connectivity index (χ1) is 10.8. The Balaban J connectivity index is 1.71. The fourth-order valence-corrected chi connectivity index (χ4v) is 2.16. The molecule has 0 aliphatic heterocycles. The number of aromatic nitrogens is 2. The van der Waals surface area contributed by atoms with Gasteiger partial charge in [-0.1, -0.05) is 53.7 Å². The molecule has 0 radical (unpaired) electrons. The van der Waals surface area contributed by atoms with Gasteiger partial charge in [-0.15, -0.1) is 0 Å². The van der Waals surface area contributed by atoms with Crippen LogP contribution in [0.25, 0.3) is 5.69 Å². The topological polar surface area (TPSA) is 39.4 Å². The van der Waals surface area contributed by atoms with E-state index in [9.17, 15) is 0 Å². The predicted octanol–water partition coefficient (Wildman–Crippen LogP) is 3.98. The maximum absolute atomic E-state index is 5.52. The average Bonchev–Trinajstić information content (AvgIpc) is 3.05. The first kappa shape index (κ1) is 14.1. The molecule has 1 aromatic heterocycles. The van der Waals surface area contributed by atoms with Crippen LogP contribution < -0.4 is 0 Å². The summed E-state index contributed by atoms with van der Waals surface area (Å²) in [6.07, 6.45) is 3.33. The molecule has 0 aliphatic rings. The summed E-state index contributed by atoms with van der Waals surface area (Å²) in [6, 6.07) is 21.8. The molecule has 0 fully saturated rings. The summed E-state index contributed by atoms with van der Waals surface area (Å²) < 4.78 is 1.82. The van der Waals surface area contributed by atoms with Crippen LogP contribution in [0.15, 0.2) is 78.1 Å². The van der Waals surface area contributed by atoms with Crippen LogP contribution in [0.3, 0.4) is 0 Å². The second-order valence-corrected chi connectivity index (χ2v) is 4.90. The Morgan fingerprint density at radius 1 is 1.00 bits per heavy atom. The number of hydrogen-bond acceptors (Lipinski definition) is 3. The van der Waals surface area contributed by atoms with Crippen molar-refractivity contribution in [2.45, 2.75) is 13.0 Å². The molecule has 1 heterocycles. The van der Waals surface area contributed by atoms with Crippen LogP contribution in [-0.4, -0.2) is 16.0 Å². The van der Waals surface area contributed by atoms with Gasteiger partial charge in [0.15, 0.2) is 0 Å². The van der Waals surface area contributed by atoms with E-state index in [0.29, 0.717) is 0 Å². The van der Waals surface area contributed by atoms with Crippen molar-refractivity contribution in [2.24, 2.45) is 5.16 Å². The third-order valence-electron chi connectivity index (χ3n) is 3.35. The van der Waals surface area contributed by atoms with Gasteiger partial charge in [-0.3, -0.25) is 0 Å². The zero-order valence-corrected chi connectivity index (χ0v) is 12.3. The lowest BCUT2D eigenvalue weighted by molar-refractivity contribution is 0.0736. The third kappa shape index (κ3) is 3.23. The minimum atomic E-state index is -0.0921. The second-order valence-electron chi connectivity index (χ2n) is 4.90. The molecule has 3 aromatic rings. The van der Waals surface area contributed by atoms with Crippen molar-refractivity contribution in [1.82, 2.24) is 9.78 Å². The van der Waals surface area contributed by atoms with Gasteiger partial charge in [0.05, 0.1) is 23.8 Å². The molecular formula is C18H17N3O. The molecular weight excluding hydrogens is 274 g/mol. The number of hydrogen-bond donors (Lipinski definition) is 0. The lowest BCUT2D eigenvalue weighted by Crippen LogP contribution is -2.02. The first-order valence-corrected chi connectivity index (χ1v) is 7.18. The lowest BCUT2D eigenvalue weighted by Gasteiger charge is -2.09. The van der Waals surface area contributed by atoms with Crippen molar-refractivity contribution in [3.05, 3.63) is 84.2 Å². The van der Waals surface area contributed by atoms with Gasteiger partial charge in [0.25, 0.3) is 0 Å². The Labute approximate surface area is 129 Å². The Hall–Kier alpha value is -2.88. The van der Waals surface area contributed by atoms with Gasteiger partial charge in [0, 0.05) is 0 Å². The van der Waals surface area contributed by atoms with E-state index < -0.39 is 0 Å². The number of nitrogens with zero attached hydrogens (tertiary/aromatic N) is 3. The number of rotatable bonds is 5. The summed E-state index contributed by atoms with van der Waals surface area (Å²) in [5.74, 6) is 0. The fraction of sp³-hybridized carbons (Fsp3) is 0.111. The SMILES string of the molecule is C[C@@H](O/N=C/c1ccnn1-c1ccccc1)c1ccccc1. The smallest absolute Gasteiger partial charge is 0.149 e. The maximum Gasteiger partial charge on any atom is 0.149 e. The molecule has 0 spiro atoms. The summed E-state index contributed by atoms with van der Waals surface area (Å²) in [5.41, 5.74) is 2.95. The van der Waals surface area contributed by atoms with E-state index in [1.165, 1.54) is 0 Å². The number of para-hydroxylation sites is 1. The van der Waals surface area contributed by atoms with Crippen LogP contribution in [0.1, 0.15) is 24.3 Å². The molecule has 0 aliphatic carbocycles. The minimum Gasteiger partial charge on any atom is -0.388 e. The van der Waals surface area contributed by atoms with Crippen LogP contribution >= 0.6 is 0 Å². The Morgan fingerprint density at radius 3 is 2.41 bits per heavy atom. The van der Waals surface area contributed by atoms with E-state index in [-0.39, 0.29) is 6.10 Å². The Bertz CT molecular complexity index is 735. The molecule has 22 heavy (non-hydrogen) atoms.